The molecule has 5 rings (SSSR count). The van der Waals surface area contributed by atoms with E-state index in [0.717, 1.165) is 41.8 Å². The third-order valence-corrected chi connectivity index (χ3v) is 8.71. The maximum absolute atomic E-state index is 13.8. The molecule has 0 bridgehead atoms. The van der Waals surface area contributed by atoms with Crippen LogP contribution in [0.3, 0.4) is 0 Å². The molecule has 2 aromatic carbocycles. The molecule has 42 heavy (non-hydrogen) atoms. The van der Waals surface area contributed by atoms with E-state index in [2.05, 4.69) is 5.10 Å². The standard InChI is InChI=1S/C30H30ClF6N3O2/c31-23-10-3-4-11-24(23)40-25(18-26(38-40)28(42,29(32,33)34)30(35,36)37)22-9-5-8-21(17-22)20-12-14-39(15-13-20)27(41)16-19-6-1-2-7-19/h3-5,8-12,17,19,25,42H,1-2,6-7,13-16,18H2. The van der Waals surface area contributed by atoms with Crippen molar-refractivity contribution < 1.29 is 36.2 Å². The Morgan fingerprint density at radius 3 is 2.31 bits per heavy atom. The zero-order valence-electron chi connectivity index (χ0n) is 22.6. The summed E-state index contributed by atoms with van der Waals surface area (Å²) in [6, 6.07) is 11.7. The zero-order chi connectivity index (χ0) is 30.3. The molecule has 2 aliphatic heterocycles. The van der Waals surface area contributed by atoms with Gasteiger partial charge in [0.1, 0.15) is 0 Å². The van der Waals surface area contributed by atoms with Gasteiger partial charge < -0.3 is 10.0 Å². The molecular formula is C30H30ClF6N3O2. The number of rotatable bonds is 6. The van der Waals surface area contributed by atoms with Crippen molar-refractivity contribution in [1.82, 2.24) is 4.90 Å². The number of alkyl halides is 6. The van der Waals surface area contributed by atoms with E-state index in [1.165, 1.54) is 18.2 Å². The lowest BCUT2D eigenvalue weighted by Gasteiger charge is -2.32. The minimum atomic E-state index is -6.05. The van der Waals surface area contributed by atoms with Crippen molar-refractivity contribution in [3.8, 4) is 0 Å². The summed E-state index contributed by atoms with van der Waals surface area (Å²) < 4.78 is 82.6. The highest BCUT2D eigenvalue weighted by atomic mass is 35.5. The molecule has 1 atom stereocenters. The Morgan fingerprint density at radius 1 is 1.00 bits per heavy atom. The second-order valence-corrected chi connectivity index (χ2v) is 11.5. The Balaban J connectivity index is 1.43. The van der Waals surface area contributed by atoms with Gasteiger partial charge in [0.15, 0.2) is 0 Å². The fourth-order valence-corrected chi connectivity index (χ4v) is 6.25. The van der Waals surface area contributed by atoms with Crippen LogP contribution in [0.2, 0.25) is 5.02 Å². The number of hydrazone groups is 1. The molecule has 2 heterocycles. The van der Waals surface area contributed by atoms with E-state index in [1.807, 2.05) is 17.0 Å². The lowest BCUT2D eigenvalue weighted by Crippen LogP contribution is -2.62. The van der Waals surface area contributed by atoms with E-state index in [9.17, 15) is 36.2 Å². The molecule has 3 aliphatic rings. The van der Waals surface area contributed by atoms with Crippen molar-refractivity contribution in [3.63, 3.8) is 0 Å². The second-order valence-electron chi connectivity index (χ2n) is 11.1. The van der Waals surface area contributed by atoms with E-state index in [0.29, 0.717) is 37.4 Å². The molecule has 0 aromatic heterocycles. The Kier molecular flexibility index (Phi) is 8.37. The molecule has 0 spiro atoms. The van der Waals surface area contributed by atoms with Gasteiger partial charge in [0.2, 0.25) is 5.91 Å². The predicted molar refractivity (Wildman–Crippen MR) is 148 cm³/mol. The monoisotopic (exact) mass is 613 g/mol. The third kappa shape index (κ3) is 5.77. The van der Waals surface area contributed by atoms with Gasteiger partial charge in [0, 0.05) is 25.9 Å². The smallest absolute Gasteiger partial charge is 0.369 e. The molecule has 1 aliphatic carbocycles. The first-order chi connectivity index (χ1) is 19.8. The summed E-state index contributed by atoms with van der Waals surface area (Å²) in [6.07, 6.45) is -5.44. The zero-order valence-corrected chi connectivity index (χ0v) is 23.3. The summed E-state index contributed by atoms with van der Waals surface area (Å²) in [5.41, 5.74) is -4.43. The van der Waals surface area contributed by atoms with Crippen LogP contribution in [0.5, 0.6) is 0 Å². The van der Waals surface area contributed by atoms with Gasteiger partial charge >= 0.3 is 12.4 Å². The Hall–Kier alpha value is -3.05. The number of hydrogen-bond acceptors (Lipinski definition) is 4. The first-order valence-corrected chi connectivity index (χ1v) is 14.2. The maximum Gasteiger partial charge on any atom is 0.431 e. The summed E-state index contributed by atoms with van der Waals surface area (Å²) in [6.45, 7) is 0.950. The van der Waals surface area contributed by atoms with Gasteiger partial charge in [-0.3, -0.25) is 9.80 Å². The van der Waals surface area contributed by atoms with Crippen LogP contribution in [0.15, 0.2) is 59.7 Å². The number of anilines is 1. The molecule has 12 heteroatoms. The molecule has 0 saturated heterocycles. The van der Waals surface area contributed by atoms with Gasteiger partial charge in [0.05, 0.1) is 22.5 Å². The van der Waals surface area contributed by atoms with Gasteiger partial charge in [-0.25, -0.2) is 0 Å². The molecule has 1 amide bonds. The van der Waals surface area contributed by atoms with Gasteiger partial charge in [-0.15, -0.1) is 0 Å². The largest absolute Gasteiger partial charge is 0.431 e. The van der Waals surface area contributed by atoms with Crippen LogP contribution in [0, 0.1) is 5.92 Å². The minimum Gasteiger partial charge on any atom is -0.369 e. The molecule has 2 aromatic rings. The number of aliphatic hydroxyl groups is 1. The van der Waals surface area contributed by atoms with Crippen LogP contribution in [0.1, 0.15) is 62.1 Å². The highest BCUT2D eigenvalue weighted by molar-refractivity contribution is 6.33. The van der Waals surface area contributed by atoms with Crippen molar-refractivity contribution >= 4 is 34.5 Å². The molecule has 1 N–H and O–H groups in total. The Bertz CT molecular complexity index is 1370. The number of para-hydroxylation sites is 1. The van der Waals surface area contributed by atoms with Crippen molar-refractivity contribution in [1.29, 1.82) is 0 Å². The van der Waals surface area contributed by atoms with Crippen molar-refractivity contribution in [2.75, 3.05) is 18.1 Å². The first-order valence-electron chi connectivity index (χ1n) is 13.8. The van der Waals surface area contributed by atoms with Crippen LogP contribution in [0.25, 0.3) is 5.57 Å². The molecule has 0 radical (unpaired) electrons. The first kappa shape index (κ1) is 30.4. The normalized spacial score (nSPS) is 20.6. The number of carbonyl (C=O) groups is 1. The summed E-state index contributed by atoms with van der Waals surface area (Å²) >= 11 is 6.29. The highest BCUT2D eigenvalue weighted by Gasteiger charge is 2.74. The maximum atomic E-state index is 13.8. The quantitative estimate of drug-likeness (QED) is 0.340. The minimum absolute atomic E-state index is 0.0727. The fourth-order valence-electron chi connectivity index (χ4n) is 6.03. The van der Waals surface area contributed by atoms with Crippen LogP contribution in [0.4, 0.5) is 32.0 Å². The van der Waals surface area contributed by atoms with Crippen molar-refractivity contribution in [3.05, 3.63) is 70.8 Å². The Morgan fingerprint density at radius 2 is 1.69 bits per heavy atom. The molecule has 226 valence electrons. The predicted octanol–water partition coefficient (Wildman–Crippen LogP) is 7.70. The van der Waals surface area contributed by atoms with E-state index < -0.39 is 36.1 Å². The van der Waals surface area contributed by atoms with E-state index >= 15 is 0 Å². The van der Waals surface area contributed by atoms with Crippen molar-refractivity contribution in [2.24, 2.45) is 11.0 Å². The number of nitrogens with zero attached hydrogens (tertiary/aromatic N) is 3. The third-order valence-electron chi connectivity index (χ3n) is 8.39. The number of benzene rings is 2. The van der Waals surface area contributed by atoms with Crippen LogP contribution < -0.4 is 5.01 Å². The highest BCUT2D eigenvalue weighted by Crippen LogP contribution is 2.49. The fraction of sp³-hybridized carbons (Fsp3) is 0.467. The molecule has 1 unspecified atom stereocenters. The second kappa shape index (κ2) is 11.6. The van der Waals surface area contributed by atoms with Gasteiger partial charge in [-0.1, -0.05) is 60.9 Å². The van der Waals surface area contributed by atoms with E-state index in [-0.39, 0.29) is 16.6 Å². The lowest BCUT2D eigenvalue weighted by molar-refractivity contribution is -0.338. The number of carbonyl (C=O) groups excluding carboxylic acids is 1. The molecule has 1 fully saturated rings. The molecular weight excluding hydrogens is 584 g/mol. The number of halogens is 7. The van der Waals surface area contributed by atoms with Crippen molar-refractivity contribution in [2.45, 2.75) is 68.9 Å². The van der Waals surface area contributed by atoms with Crippen LogP contribution >= 0.6 is 11.6 Å². The van der Waals surface area contributed by atoms with Crippen LogP contribution in [-0.2, 0) is 4.79 Å². The van der Waals surface area contributed by atoms with Crippen LogP contribution in [-0.4, -0.2) is 52.7 Å². The van der Waals surface area contributed by atoms with Gasteiger partial charge in [-0.2, -0.15) is 31.4 Å². The summed E-state index contributed by atoms with van der Waals surface area (Å²) in [7, 11) is 0. The lowest BCUT2D eigenvalue weighted by atomic mass is 9.88. The Labute approximate surface area is 244 Å². The molecule has 1 saturated carbocycles. The number of amides is 1. The average molecular weight is 614 g/mol. The topological polar surface area (TPSA) is 56.1 Å². The summed E-state index contributed by atoms with van der Waals surface area (Å²) in [5.74, 6) is 0.560. The van der Waals surface area contributed by atoms with Gasteiger partial charge in [0.25, 0.3) is 5.60 Å². The van der Waals surface area contributed by atoms with Gasteiger partial charge in [-0.05, 0) is 60.1 Å². The van der Waals surface area contributed by atoms with E-state index in [1.54, 1.807) is 24.3 Å². The molecule has 5 nitrogen and oxygen atoms in total. The average Bonchev–Trinajstić information content (AvgIpc) is 3.62. The summed E-state index contributed by atoms with van der Waals surface area (Å²) in [4.78, 5) is 14.6. The SMILES string of the molecule is O=C(CC1CCCC1)N1CC=C(c2cccc(C3CC(C(O)(C(F)(F)F)C(F)(F)F)=NN3c3ccccc3Cl)c2)CC1. The van der Waals surface area contributed by atoms with E-state index in [4.69, 9.17) is 11.6 Å². The number of hydrogen-bond donors (Lipinski definition) is 1. The summed E-state index contributed by atoms with van der Waals surface area (Å²) in [5, 5.41) is 14.9.